The fourth-order valence-electron chi connectivity index (χ4n) is 8.87. The topological polar surface area (TPSA) is 146 Å². The van der Waals surface area contributed by atoms with Gasteiger partial charge in [0.15, 0.2) is 22.9 Å². The van der Waals surface area contributed by atoms with Crippen LogP contribution in [0.2, 0.25) is 0 Å². The molecule has 11 nitrogen and oxygen atoms in total. The van der Waals surface area contributed by atoms with Crippen LogP contribution < -0.4 is 10.6 Å². The molecule has 0 unspecified atom stereocenters. The van der Waals surface area contributed by atoms with E-state index in [9.17, 15) is 14.8 Å². The average molecular weight is 646 g/mol. The van der Waals surface area contributed by atoms with Crippen molar-refractivity contribution in [2.45, 2.75) is 101 Å². The highest BCUT2D eigenvalue weighted by Crippen LogP contribution is 2.55. The number of aryl methyl sites for hydroxylation is 1. The van der Waals surface area contributed by atoms with Crippen LogP contribution in [-0.4, -0.2) is 79.4 Å². The molecule has 242 valence electrons. The molecule has 2 fully saturated rings. The number of anilines is 2. The van der Waals surface area contributed by atoms with Crippen molar-refractivity contribution in [1.29, 1.82) is 5.26 Å². The summed E-state index contributed by atoms with van der Waals surface area (Å²) in [5.41, 5.74) is 8.92. The summed E-state index contributed by atoms with van der Waals surface area (Å²) < 4.78 is 22.7. The smallest absolute Gasteiger partial charge is 0.186 e. The first-order valence-corrected chi connectivity index (χ1v) is 17.3. The summed E-state index contributed by atoms with van der Waals surface area (Å²) in [6.07, 6.45) is 8.25. The van der Waals surface area contributed by atoms with E-state index in [4.69, 9.17) is 25.3 Å². The van der Waals surface area contributed by atoms with E-state index >= 15 is 0 Å². The van der Waals surface area contributed by atoms with Gasteiger partial charge in [-0.2, -0.15) is 10.4 Å². The average Bonchev–Trinajstić information content (AvgIpc) is 3.80. The number of aliphatic hydroxyl groups is 1. The Morgan fingerprint density at radius 2 is 2.02 bits per heavy atom. The first kappa shape index (κ1) is 29.8. The summed E-state index contributed by atoms with van der Waals surface area (Å²) >= 11 is 1.53. The van der Waals surface area contributed by atoms with Gasteiger partial charge < -0.3 is 20.3 Å². The highest BCUT2D eigenvalue weighted by atomic mass is 32.1. The molecular weight excluding hydrogens is 605 g/mol. The molecule has 5 atom stereocenters. The second kappa shape index (κ2) is 10.7. The first-order chi connectivity index (χ1) is 22.1. The zero-order valence-corrected chi connectivity index (χ0v) is 27.4. The van der Waals surface area contributed by atoms with E-state index in [1.165, 1.54) is 16.2 Å². The van der Waals surface area contributed by atoms with Gasteiger partial charge in [0.25, 0.3) is 0 Å². The fraction of sp³-hybridized carbons (Fsp3) is 0.606. The van der Waals surface area contributed by atoms with Gasteiger partial charge in [-0.15, -0.1) is 11.3 Å². The summed E-state index contributed by atoms with van der Waals surface area (Å²) in [5.74, 6) is 1.97. The third-order valence-corrected chi connectivity index (χ3v) is 12.0. The molecule has 2 aliphatic heterocycles. The maximum atomic E-state index is 14.5. The van der Waals surface area contributed by atoms with Crippen molar-refractivity contribution in [2.75, 3.05) is 37.3 Å². The third kappa shape index (κ3) is 4.47. The lowest BCUT2D eigenvalue weighted by Gasteiger charge is -2.39. The molecule has 3 N–H and O–H groups in total. The number of nitriles is 1. The summed E-state index contributed by atoms with van der Waals surface area (Å²) in [6, 6.07) is 2.24. The summed E-state index contributed by atoms with van der Waals surface area (Å²) in [7, 11) is 1.96. The Kier molecular flexibility index (Phi) is 6.94. The molecule has 8 rings (SSSR count). The second-order valence-electron chi connectivity index (χ2n) is 14.2. The molecule has 2 saturated heterocycles. The number of hydrogen-bond donors (Lipinski definition) is 2. The number of likely N-dealkylation sites (N-methyl/N-ethyl adjacent to an activating group) is 1. The number of fused-ring (bicyclic) bond motifs is 5. The number of aromatic nitrogens is 5. The number of alkyl halides is 1. The molecule has 46 heavy (non-hydrogen) atoms. The van der Waals surface area contributed by atoms with Crippen molar-refractivity contribution in [3.8, 4) is 17.6 Å². The Morgan fingerprint density at radius 3 is 2.76 bits per heavy atom. The number of nitrogen functional groups attached to an aromatic ring is 1. The number of β-amino-alcohol motifs (C(OH)–C–C–N with tert-alkyl or cyclic N) is 1. The first-order valence-electron chi connectivity index (χ1n) is 16.5. The predicted octanol–water partition coefficient (Wildman–Crippen LogP) is 4.91. The number of nitrogens with zero attached hydrogens (tertiary/aromatic N) is 8. The van der Waals surface area contributed by atoms with Gasteiger partial charge in [0.05, 0.1) is 34.2 Å². The largest absolute Gasteiger partial charge is 0.389 e. The van der Waals surface area contributed by atoms with Crippen molar-refractivity contribution in [2.24, 2.45) is 0 Å². The zero-order chi connectivity index (χ0) is 32.0. The van der Waals surface area contributed by atoms with Crippen molar-refractivity contribution in [3.63, 3.8) is 0 Å². The van der Waals surface area contributed by atoms with Crippen molar-refractivity contribution >= 4 is 33.2 Å². The number of halogens is 1. The molecule has 0 bridgehead atoms. The van der Waals surface area contributed by atoms with Crippen molar-refractivity contribution in [1.82, 2.24) is 29.8 Å². The minimum absolute atomic E-state index is 0.0248. The lowest BCUT2D eigenvalue weighted by Crippen LogP contribution is -2.46. The maximum Gasteiger partial charge on any atom is 0.186 e. The molecule has 13 heteroatoms. The Bertz CT molecular complexity index is 1870. The molecule has 6 heterocycles. The normalized spacial score (nSPS) is 28.8. The van der Waals surface area contributed by atoms with Gasteiger partial charge in [-0.05, 0) is 84.2 Å². The Morgan fingerprint density at radius 1 is 1.22 bits per heavy atom. The van der Waals surface area contributed by atoms with E-state index in [2.05, 4.69) is 27.9 Å². The van der Waals surface area contributed by atoms with E-state index in [1.54, 1.807) is 6.20 Å². The highest BCUT2D eigenvalue weighted by molar-refractivity contribution is 7.16. The van der Waals surface area contributed by atoms with E-state index in [0.717, 1.165) is 80.2 Å². The molecular formula is C33H40FN9O2S. The molecule has 0 radical (unpaired) electrons. The van der Waals surface area contributed by atoms with E-state index in [0.29, 0.717) is 53.1 Å². The Labute approximate surface area is 271 Å². The van der Waals surface area contributed by atoms with Crippen LogP contribution in [0.5, 0.6) is 0 Å². The van der Waals surface area contributed by atoms with Crippen LogP contribution in [0.25, 0.3) is 22.6 Å². The van der Waals surface area contributed by atoms with Crippen LogP contribution in [0.4, 0.5) is 15.2 Å². The monoisotopic (exact) mass is 645 g/mol. The number of likely N-dealkylation sites (tertiary alicyclic amines) is 1. The molecule has 2 aliphatic carbocycles. The minimum Gasteiger partial charge on any atom is -0.389 e. The standard InChI is InChI=1S/C33H40FN9O2S/c1-18(23-13-19(34)16-41(23)3)43-31-22(15-37-43)30(42-12-6-9-32(2,44)17-42)38-29(39-31)26-20-7-4-10-33(27(20)45-40-26)11-5-8-24-25(33)21(14-35)28(36)46-24/h15,18-19,23,44H,4-13,16-17,36H2,1-3H3/t18-,19+,23-,32+,33-/m0/s1. The molecule has 4 aromatic rings. The van der Waals surface area contributed by atoms with E-state index < -0.39 is 17.2 Å². The van der Waals surface area contributed by atoms with E-state index in [-0.39, 0.29) is 12.1 Å². The van der Waals surface area contributed by atoms with Gasteiger partial charge in [-0.1, -0.05) is 5.16 Å². The quantitative estimate of drug-likeness (QED) is 0.314. The molecule has 4 aliphatic rings. The second-order valence-corrected chi connectivity index (χ2v) is 15.3. The lowest BCUT2D eigenvalue weighted by atomic mass is 9.63. The van der Waals surface area contributed by atoms with Gasteiger partial charge in [0, 0.05) is 36.1 Å². The molecule has 1 spiro atoms. The fourth-order valence-corrected chi connectivity index (χ4v) is 10.0. The number of thiophene rings is 1. The lowest BCUT2D eigenvalue weighted by molar-refractivity contribution is 0.0448. The van der Waals surface area contributed by atoms with Crippen LogP contribution in [0.15, 0.2) is 10.7 Å². The molecule has 0 amide bonds. The SMILES string of the molecule is C[C@@H]([C@@H]1C[C@@H](F)CN1C)n1ncc2c(N3CCC[C@@](C)(O)C3)nc(-c3noc4c3CCC[C@@]43CCCc4sc(N)c(C#N)c43)nc21. The predicted molar refractivity (Wildman–Crippen MR) is 174 cm³/mol. The Balaban J connectivity index is 1.29. The number of piperidine rings is 1. The minimum atomic E-state index is -0.870. The summed E-state index contributed by atoms with van der Waals surface area (Å²) in [5, 5.41) is 32.0. The van der Waals surface area contributed by atoms with Crippen LogP contribution >= 0.6 is 11.3 Å². The number of nitrogens with two attached hydrogens (primary N) is 1. The van der Waals surface area contributed by atoms with Gasteiger partial charge in [-0.25, -0.2) is 19.0 Å². The highest BCUT2D eigenvalue weighted by Gasteiger charge is 2.49. The van der Waals surface area contributed by atoms with Gasteiger partial charge >= 0.3 is 0 Å². The molecule has 4 aromatic heterocycles. The van der Waals surface area contributed by atoms with Gasteiger partial charge in [-0.3, -0.25) is 4.90 Å². The van der Waals surface area contributed by atoms with Crippen LogP contribution in [0, 0.1) is 11.3 Å². The van der Waals surface area contributed by atoms with E-state index in [1.807, 2.05) is 18.7 Å². The molecule has 0 aromatic carbocycles. The van der Waals surface area contributed by atoms with Crippen LogP contribution in [0.1, 0.15) is 92.2 Å². The van der Waals surface area contributed by atoms with Crippen molar-refractivity contribution in [3.05, 3.63) is 33.5 Å². The van der Waals surface area contributed by atoms with Crippen LogP contribution in [-0.2, 0) is 18.3 Å². The third-order valence-electron chi connectivity index (χ3n) is 11.0. The van der Waals surface area contributed by atoms with Gasteiger partial charge in [0.1, 0.15) is 23.1 Å². The van der Waals surface area contributed by atoms with Gasteiger partial charge in [0.2, 0.25) is 0 Å². The number of rotatable bonds is 4. The summed E-state index contributed by atoms with van der Waals surface area (Å²) in [4.78, 5) is 15.6. The molecule has 0 saturated carbocycles. The Hall–Kier alpha value is -3.60. The maximum absolute atomic E-state index is 14.5. The zero-order valence-electron chi connectivity index (χ0n) is 26.6. The van der Waals surface area contributed by atoms with Crippen LogP contribution in [0.3, 0.4) is 0 Å². The van der Waals surface area contributed by atoms with Crippen molar-refractivity contribution < 1.29 is 14.0 Å². The number of hydrogen-bond acceptors (Lipinski definition) is 11. The summed E-state index contributed by atoms with van der Waals surface area (Å²) in [6.45, 7) is 5.52.